The molecule has 1 fully saturated rings. The predicted octanol–water partition coefficient (Wildman–Crippen LogP) is 1.49. The molecule has 0 amide bonds. The number of halogens is 1. The molecule has 1 aliphatic heterocycles. The molecule has 1 saturated heterocycles. The number of benzene rings is 1. The molecule has 1 aliphatic rings. The minimum atomic E-state index is -0.202. The first-order chi connectivity index (χ1) is 6.36. The fourth-order valence-corrected chi connectivity index (χ4v) is 1.49. The van der Waals surface area contributed by atoms with Gasteiger partial charge in [-0.1, -0.05) is 12.1 Å². The summed E-state index contributed by atoms with van der Waals surface area (Å²) in [5.41, 5.74) is 0.909. The van der Waals surface area contributed by atoms with E-state index in [1.807, 2.05) is 6.07 Å². The van der Waals surface area contributed by atoms with Gasteiger partial charge in [-0.2, -0.15) is 0 Å². The number of rotatable bonds is 1. The Kier molecular flexibility index (Phi) is 2.57. The Labute approximate surface area is 76.7 Å². The molecule has 0 saturated carbocycles. The molecule has 1 atom stereocenters. The first-order valence-electron chi connectivity index (χ1n) is 4.44. The topological polar surface area (TPSA) is 21.3 Å². The van der Waals surface area contributed by atoms with Crippen molar-refractivity contribution in [2.45, 2.75) is 6.10 Å². The van der Waals surface area contributed by atoms with Crippen LogP contribution in [0.5, 0.6) is 0 Å². The fraction of sp³-hybridized carbons (Fsp3) is 0.400. The zero-order valence-corrected chi connectivity index (χ0v) is 7.29. The summed E-state index contributed by atoms with van der Waals surface area (Å²) in [6.45, 7) is 2.34. The monoisotopic (exact) mass is 181 g/mol. The molecule has 1 unspecified atom stereocenters. The Morgan fingerprint density at radius 3 is 3.08 bits per heavy atom. The van der Waals surface area contributed by atoms with Gasteiger partial charge in [-0.25, -0.2) is 4.39 Å². The zero-order chi connectivity index (χ0) is 9.10. The van der Waals surface area contributed by atoms with Crippen molar-refractivity contribution in [1.82, 2.24) is 5.32 Å². The molecule has 3 heteroatoms. The first-order valence-corrected chi connectivity index (χ1v) is 4.44. The number of hydrogen-bond donors (Lipinski definition) is 1. The molecule has 0 radical (unpaired) electrons. The van der Waals surface area contributed by atoms with Crippen LogP contribution in [0.25, 0.3) is 0 Å². The summed E-state index contributed by atoms with van der Waals surface area (Å²) >= 11 is 0. The van der Waals surface area contributed by atoms with Crippen molar-refractivity contribution in [2.24, 2.45) is 0 Å². The van der Waals surface area contributed by atoms with E-state index in [9.17, 15) is 4.39 Å². The molecule has 70 valence electrons. The average molecular weight is 181 g/mol. The lowest BCUT2D eigenvalue weighted by Gasteiger charge is -2.23. The number of hydrogen-bond acceptors (Lipinski definition) is 2. The molecule has 1 heterocycles. The standard InChI is InChI=1S/C10H12FNO/c11-9-3-1-2-8(6-9)10-7-12-4-5-13-10/h1-3,6,10,12H,4-5,7H2. The second-order valence-corrected chi connectivity index (χ2v) is 3.12. The summed E-state index contributed by atoms with van der Waals surface area (Å²) in [5, 5.41) is 3.21. The van der Waals surface area contributed by atoms with E-state index in [0.717, 1.165) is 18.7 Å². The Balaban J connectivity index is 2.14. The van der Waals surface area contributed by atoms with E-state index in [1.54, 1.807) is 6.07 Å². The van der Waals surface area contributed by atoms with E-state index in [0.29, 0.717) is 6.61 Å². The second kappa shape index (κ2) is 3.85. The van der Waals surface area contributed by atoms with Crippen LogP contribution in [0, 0.1) is 5.82 Å². The molecular weight excluding hydrogens is 169 g/mol. The molecule has 1 aromatic carbocycles. The maximum atomic E-state index is 12.8. The van der Waals surface area contributed by atoms with Crippen LogP contribution in [-0.4, -0.2) is 19.7 Å². The summed E-state index contributed by atoms with van der Waals surface area (Å²) in [7, 11) is 0. The van der Waals surface area contributed by atoms with Gasteiger partial charge in [0.2, 0.25) is 0 Å². The number of morpholine rings is 1. The van der Waals surface area contributed by atoms with Crippen molar-refractivity contribution >= 4 is 0 Å². The van der Waals surface area contributed by atoms with Gasteiger partial charge in [0.05, 0.1) is 12.7 Å². The third-order valence-electron chi connectivity index (χ3n) is 2.15. The largest absolute Gasteiger partial charge is 0.371 e. The van der Waals surface area contributed by atoms with Crippen LogP contribution >= 0.6 is 0 Å². The highest BCUT2D eigenvalue weighted by Crippen LogP contribution is 2.18. The Morgan fingerprint density at radius 1 is 1.46 bits per heavy atom. The molecule has 0 aliphatic carbocycles. The summed E-state index contributed by atoms with van der Waals surface area (Å²) in [6.07, 6.45) is 0.00412. The van der Waals surface area contributed by atoms with Gasteiger partial charge in [-0.3, -0.25) is 0 Å². The van der Waals surface area contributed by atoms with Crippen LogP contribution in [-0.2, 0) is 4.74 Å². The van der Waals surface area contributed by atoms with Crippen molar-refractivity contribution in [3.63, 3.8) is 0 Å². The molecule has 2 rings (SSSR count). The van der Waals surface area contributed by atoms with E-state index in [1.165, 1.54) is 12.1 Å². The lowest BCUT2D eigenvalue weighted by Crippen LogP contribution is -2.33. The van der Waals surface area contributed by atoms with Gasteiger partial charge in [0.1, 0.15) is 5.82 Å². The summed E-state index contributed by atoms with van der Waals surface area (Å²) in [6, 6.07) is 6.57. The van der Waals surface area contributed by atoms with Gasteiger partial charge in [-0.15, -0.1) is 0 Å². The van der Waals surface area contributed by atoms with Crippen molar-refractivity contribution in [2.75, 3.05) is 19.7 Å². The second-order valence-electron chi connectivity index (χ2n) is 3.12. The van der Waals surface area contributed by atoms with Gasteiger partial charge in [0, 0.05) is 13.1 Å². The van der Waals surface area contributed by atoms with Crippen molar-refractivity contribution in [3.8, 4) is 0 Å². The van der Waals surface area contributed by atoms with Gasteiger partial charge in [0.15, 0.2) is 0 Å². The molecule has 1 aromatic rings. The van der Waals surface area contributed by atoms with Crippen LogP contribution < -0.4 is 5.32 Å². The quantitative estimate of drug-likeness (QED) is 0.708. The predicted molar refractivity (Wildman–Crippen MR) is 48.0 cm³/mol. The van der Waals surface area contributed by atoms with Crippen LogP contribution in [0.2, 0.25) is 0 Å². The van der Waals surface area contributed by atoms with Crippen LogP contribution in [0.3, 0.4) is 0 Å². The summed E-state index contributed by atoms with van der Waals surface area (Å²) in [5.74, 6) is -0.202. The summed E-state index contributed by atoms with van der Waals surface area (Å²) in [4.78, 5) is 0. The molecule has 0 bridgehead atoms. The van der Waals surface area contributed by atoms with Crippen molar-refractivity contribution in [1.29, 1.82) is 0 Å². The maximum absolute atomic E-state index is 12.8. The smallest absolute Gasteiger partial charge is 0.123 e. The van der Waals surface area contributed by atoms with E-state index in [4.69, 9.17) is 4.74 Å². The minimum Gasteiger partial charge on any atom is -0.371 e. The third kappa shape index (κ3) is 2.05. The normalized spacial score (nSPS) is 23.0. The van der Waals surface area contributed by atoms with E-state index in [-0.39, 0.29) is 11.9 Å². The Hall–Kier alpha value is -0.930. The summed E-state index contributed by atoms with van der Waals surface area (Å²) < 4.78 is 18.3. The SMILES string of the molecule is Fc1cccc(C2CNCCO2)c1. The molecule has 0 spiro atoms. The van der Waals surface area contributed by atoms with E-state index < -0.39 is 0 Å². The van der Waals surface area contributed by atoms with Gasteiger partial charge >= 0.3 is 0 Å². The fourth-order valence-electron chi connectivity index (χ4n) is 1.49. The van der Waals surface area contributed by atoms with E-state index >= 15 is 0 Å². The molecule has 0 aromatic heterocycles. The molecular formula is C10H12FNO. The maximum Gasteiger partial charge on any atom is 0.123 e. The third-order valence-corrected chi connectivity index (χ3v) is 2.15. The first kappa shape index (κ1) is 8.66. The van der Waals surface area contributed by atoms with Gasteiger partial charge in [-0.05, 0) is 17.7 Å². The Bertz CT molecular complexity index is 284. The average Bonchev–Trinajstić information content (AvgIpc) is 2.19. The highest BCUT2D eigenvalue weighted by molar-refractivity contribution is 5.19. The highest BCUT2D eigenvalue weighted by Gasteiger charge is 2.15. The lowest BCUT2D eigenvalue weighted by molar-refractivity contribution is 0.0275. The number of nitrogens with one attached hydrogen (secondary N) is 1. The van der Waals surface area contributed by atoms with Crippen LogP contribution in [0.4, 0.5) is 4.39 Å². The molecule has 1 N–H and O–H groups in total. The van der Waals surface area contributed by atoms with Gasteiger partial charge < -0.3 is 10.1 Å². The van der Waals surface area contributed by atoms with Crippen LogP contribution in [0.15, 0.2) is 24.3 Å². The van der Waals surface area contributed by atoms with Crippen molar-refractivity contribution in [3.05, 3.63) is 35.6 Å². The zero-order valence-electron chi connectivity index (χ0n) is 7.29. The lowest BCUT2D eigenvalue weighted by atomic mass is 10.1. The van der Waals surface area contributed by atoms with E-state index in [2.05, 4.69) is 5.32 Å². The van der Waals surface area contributed by atoms with Crippen molar-refractivity contribution < 1.29 is 9.13 Å². The molecule has 13 heavy (non-hydrogen) atoms. The molecule has 2 nitrogen and oxygen atoms in total. The van der Waals surface area contributed by atoms with Gasteiger partial charge in [0.25, 0.3) is 0 Å². The highest BCUT2D eigenvalue weighted by atomic mass is 19.1. The van der Waals surface area contributed by atoms with Crippen LogP contribution in [0.1, 0.15) is 11.7 Å². The number of ether oxygens (including phenoxy) is 1. The minimum absolute atomic E-state index is 0.00412. The Morgan fingerprint density at radius 2 is 2.38 bits per heavy atom.